The number of hydrogen-bond acceptors (Lipinski definition) is 3. The number of para-hydroxylation sites is 2. The molecule has 0 heterocycles. The number of methoxy groups -OCH3 is 1. The Kier molecular flexibility index (Phi) is 6.97. The maximum absolute atomic E-state index is 12.0. The lowest BCUT2D eigenvalue weighted by molar-refractivity contribution is -0.117. The summed E-state index contributed by atoms with van der Waals surface area (Å²) in [6.07, 6.45) is 2.26. The molecule has 4 heteroatoms. The van der Waals surface area contributed by atoms with Crippen LogP contribution in [0.5, 0.6) is 5.75 Å². The second-order valence-corrected chi connectivity index (χ2v) is 4.47. The maximum atomic E-state index is 12.0. The SMILES string of the molecule is CCCCN(CC)CC(=O)Nc1ccccc1OC. The second-order valence-electron chi connectivity index (χ2n) is 4.47. The van der Waals surface area contributed by atoms with Gasteiger partial charge in [-0.25, -0.2) is 0 Å². The Labute approximate surface area is 115 Å². The summed E-state index contributed by atoms with van der Waals surface area (Å²) >= 11 is 0. The van der Waals surface area contributed by atoms with Crippen LogP contribution in [0.2, 0.25) is 0 Å². The topological polar surface area (TPSA) is 41.6 Å². The van der Waals surface area contributed by atoms with E-state index in [1.165, 1.54) is 0 Å². The molecule has 0 saturated carbocycles. The molecule has 0 fully saturated rings. The minimum atomic E-state index is 0.00227. The van der Waals surface area contributed by atoms with Crippen LogP contribution in [0.25, 0.3) is 0 Å². The molecule has 0 saturated heterocycles. The number of hydrogen-bond donors (Lipinski definition) is 1. The standard InChI is InChI=1S/C15H24N2O2/c1-4-6-11-17(5-2)12-15(18)16-13-9-7-8-10-14(13)19-3/h7-10H,4-6,11-12H2,1-3H3,(H,16,18). The van der Waals surface area contributed by atoms with Gasteiger partial charge in [-0.2, -0.15) is 0 Å². The molecule has 0 bridgehead atoms. The van der Waals surface area contributed by atoms with Crippen LogP contribution in [0, 0.1) is 0 Å². The number of anilines is 1. The highest BCUT2D eigenvalue weighted by molar-refractivity contribution is 5.93. The van der Waals surface area contributed by atoms with Crippen molar-refractivity contribution in [1.29, 1.82) is 0 Å². The highest BCUT2D eigenvalue weighted by Gasteiger charge is 2.10. The molecule has 106 valence electrons. The largest absolute Gasteiger partial charge is 0.495 e. The average molecular weight is 264 g/mol. The Morgan fingerprint density at radius 3 is 2.68 bits per heavy atom. The van der Waals surface area contributed by atoms with Gasteiger partial charge >= 0.3 is 0 Å². The van der Waals surface area contributed by atoms with Gasteiger partial charge in [0.15, 0.2) is 0 Å². The van der Waals surface area contributed by atoms with Gasteiger partial charge in [-0.05, 0) is 31.6 Å². The normalized spacial score (nSPS) is 10.5. The summed E-state index contributed by atoms with van der Waals surface area (Å²) in [7, 11) is 1.60. The van der Waals surface area contributed by atoms with E-state index < -0.39 is 0 Å². The molecule has 0 atom stereocenters. The van der Waals surface area contributed by atoms with Gasteiger partial charge in [0.25, 0.3) is 0 Å². The van der Waals surface area contributed by atoms with Gasteiger partial charge in [-0.3, -0.25) is 9.69 Å². The van der Waals surface area contributed by atoms with Gasteiger partial charge in [0, 0.05) is 0 Å². The summed E-state index contributed by atoms with van der Waals surface area (Å²) < 4.78 is 5.21. The van der Waals surface area contributed by atoms with Crippen molar-refractivity contribution in [3.05, 3.63) is 24.3 Å². The van der Waals surface area contributed by atoms with E-state index in [0.29, 0.717) is 12.3 Å². The molecule has 1 aromatic carbocycles. The molecule has 0 aliphatic heterocycles. The number of nitrogens with zero attached hydrogens (tertiary/aromatic N) is 1. The monoisotopic (exact) mass is 264 g/mol. The van der Waals surface area contributed by atoms with Gasteiger partial charge in [0.1, 0.15) is 5.75 Å². The third-order valence-corrected chi connectivity index (χ3v) is 3.02. The number of nitrogens with one attached hydrogen (secondary N) is 1. The van der Waals surface area contributed by atoms with Crippen molar-refractivity contribution in [2.45, 2.75) is 26.7 Å². The molecule has 19 heavy (non-hydrogen) atoms. The van der Waals surface area contributed by atoms with Crippen molar-refractivity contribution in [3.63, 3.8) is 0 Å². The molecule has 1 amide bonds. The zero-order valence-corrected chi connectivity index (χ0v) is 12.1. The van der Waals surface area contributed by atoms with E-state index in [0.717, 1.165) is 31.6 Å². The molecule has 0 spiro atoms. The van der Waals surface area contributed by atoms with Crippen molar-refractivity contribution in [2.24, 2.45) is 0 Å². The average Bonchev–Trinajstić information content (AvgIpc) is 2.44. The maximum Gasteiger partial charge on any atom is 0.238 e. The Hall–Kier alpha value is -1.55. The third-order valence-electron chi connectivity index (χ3n) is 3.02. The fourth-order valence-electron chi connectivity index (χ4n) is 1.87. The number of carbonyl (C=O) groups is 1. The van der Waals surface area contributed by atoms with Crippen molar-refractivity contribution >= 4 is 11.6 Å². The summed E-state index contributed by atoms with van der Waals surface area (Å²) in [4.78, 5) is 14.2. The minimum absolute atomic E-state index is 0.00227. The number of likely N-dealkylation sites (N-methyl/N-ethyl adjacent to an activating group) is 1. The van der Waals surface area contributed by atoms with E-state index in [1.807, 2.05) is 24.3 Å². The number of unbranched alkanes of at least 4 members (excludes halogenated alkanes) is 1. The van der Waals surface area contributed by atoms with Crippen LogP contribution in [-0.4, -0.2) is 37.6 Å². The first-order valence-corrected chi connectivity index (χ1v) is 6.86. The Morgan fingerprint density at radius 2 is 2.05 bits per heavy atom. The fraction of sp³-hybridized carbons (Fsp3) is 0.533. The van der Waals surface area contributed by atoms with Crippen LogP contribution < -0.4 is 10.1 Å². The summed E-state index contributed by atoms with van der Waals surface area (Å²) in [6.45, 7) is 6.51. The van der Waals surface area contributed by atoms with Crippen molar-refractivity contribution in [3.8, 4) is 5.75 Å². The van der Waals surface area contributed by atoms with E-state index in [4.69, 9.17) is 4.74 Å². The molecule has 4 nitrogen and oxygen atoms in total. The van der Waals surface area contributed by atoms with E-state index in [9.17, 15) is 4.79 Å². The molecule has 0 aliphatic rings. The Morgan fingerprint density at radius 1 is 1.32 bits per heavy atom. The van der Waals surface area contributed by atoms with Crippen LogP contribution in [0.4, 0.5) is 5.69 Å². The Balaban J connectivity index is 2.54. The number of benzene rings is 1. The van der Waals surface area contributed by atoms with Gasteiger partial charge < -0.3 is 10.1 Å². The number of carbonyl (C=O) groups excluding carboxylic acids is 1. The quantitative estimate of drug-likeness (QED) is 0.785. The van der Waals surface area contributed by atoms with E-state index in [-0.39, 0.29) is 5.91 Å². The predicted molar refractivity (Wildman–Crippen MR) is 78.6 cm³/mol. The molecule has 1 N–H and O–H groups in total. The van der Waals surface area contributed by atoms with E-state index in [2.05, 4.69) is 24.1 Å². The third kappa shape index (κ3) is 5.30. The minimum Gasteiger partial charge on any atom is -0.495 e. The van der Waals surface area contributed by atoms with Crippen LogP contribution in [0.1, 0.15) is 26.7 Å². The number of ether oxygens (including phenoxy) is 1. The summed E-state index contributed by atoms with van der Waals surface area (Å²) in [5, 5.41) is 2.90. The van der Waals surface area contributed by atoms with E-state index >= 15 is 0 Å². The molecular formula is C15H24N2O2. The highest BCUT2D eigenvalue weighted by atomic mass is 16.5. The van der Waals surface area contributed by atoms with Crippen molar-refractivity contribution in [1.82, 2.24) is 4.90 Å². The van der Waals surface area contributed by atoms with Crippen LogP contribution in [0.3, 0.4) is 0 Å². The first-order chi connectivity index (χ1) is 9.21. The zero-order chi connectivity index (χ0) is 14.1. The molecule has 1 rings (SSSR count). The lowest BCUT2D eigenvalue weighted by atomic mass is 10.3. The Bertz CT molecular complexity index is 393. The zero-order valence-electron chi connectivity index (χ0n) is 12.1. The summed E-state index contributed by atoms with van der Waals surface area (Å²) in [5.41, 5.74) is 0.724. The highest BCUT2D eigenvalue weighted by Crippen LogP contribution is 2.22. The summed E-state index contributed by atoms with van der Waals surface area (Å²) in [5.74, 6) is 0.690. The van der Waals surface area contributed by atoms with Crippen molar-refractivity contribution in [2.75, 3.05) is 32.1 Å². The van der Waals surface area contributed by atoms with Crippen molar-refractivity contribution < 1.29 is 9.53 Å². The molecular weight excluding hydrogens is 240 g/mol. The molecule has 0 unspecified atom stereocenters. The number of amides is 1. The van der Waals surface area contributed by atoms with Gasteiger partial charge in [-0.15, -0.1) is 0 Å². The predicted octanol–water partition coefficient (Wildman–Crippen LogP) is 2.76. The van der Waals surface area contributed by atoms with Crippen LogP contribution in [-0.2, 0) is 4.79 Å². The van der Waals surface area contributed by atoms with Gasteiger partial charge in [0.05, 0.1) is 19.3 Å². The second kappa shape index (κ2) is 8.53. The first-order valence-electron chi connectivity index (χ1n) is 6.86. The lowest BCUT2D eigenvalue weighted by Gasteiger charge is -2.19. The molecule has 0 aromatic heterocycles. The van der Waals surface area contributed by atoms with Crippen LogP contribution >= 0.6 is 0 Å². The summed E-state index contributed by atoms with van der Waals surface area (Å²) in [6, 6.07) is 7.45. The van der Waals surface area contributed by atoms with E-state index in [1.54, 1.807) is 7.11 Å². The molecule has 1 aromatic rings. The first kappa shape index (κ1) is 15.5. The fourth-order valence-corrected chi connectivity index (χ4v) is 1.87. The van der Waals surface area contributed by atoms with Gasteiger partial charge in [0.2, 0.25) is 5.91 Å². The molecule has 0 radical (unpaired) electrons. The number of rotatable bonds is 8. The van der Waals surface area contributed by atoms with Gasteiger partial charge in [-0.1, -0.05) is 32.4 Å². The molecule has 0 aliphatic carbocycles. The smallest absolute Gasteiger partial charge is 0.238 e. The van der Waals surface area contributed by atoms with Crippen LogP contribution in [0.15, 0.2) is 24.3 Å². The lowest BCUT2D eigenvalue weighted by Crippen LogP contribution is -2.33.